The molecule has 3 N–H and O–H groups in total. The smallest absolute Gasteiger partial charge is 0.242 e. The lowest BCUT2D eigenvalue weighted by atomic mass is 10.3. The Balaban J connectivity index is 2.66. The van der Waals surface area contributed by atoms with Gasteiger partial charge in [-0.05, 0) is 0 Å². The normalized spacial score (nSPS) is 10.6. The summed E-state index contributed by atoms with van der Waals surface area (Å²) in [5.41, 5.74) is 1.87. The summed E-state index contributed by atoms with van der Waals surface area (Å²) in [4.78, 5) is 2.96. The van der Waals surface area contributed by atoms with E-state index in [1.165, 1.54) is 0 Å². The summed E-state index contributed by atoms with van der Waals surface area (Å²) in [5.74, 6) is 0. The number of aromatic nitrogens is 2. The molecule has 0 saturated heterocycles. The molecule has 1 heterocycles. The van der Waals surface area contributed by atoms with Gasteiger partial charge in [-0.3, -0.25) is 0 Å². The van der Waals surface area contributed by atoms with Crippen molar-refractivity contribution >= 4 is 0 Å². The Labute approximate surface area is 71.5 Å². The number of H-pyrrole nitrogens is 1. The van der Waals surface area contributed by atoms with Crippen molar-refractivity contribution in [2.45, 2.75) is 26.5 Å². The van der Waals surface area contributed by atoms with Gasteiger partial charge in [0.15, 0.2) is 5.69 Å². The fourth-order valence-corrected chi connectivity index (χ4v) is 1.16. The van der Waals surface area contributed by atoms with E-state index in [4.69, 9.17) is 10.2 Å². The van der Waals surface area contributed by atoms with E-state index in [0.29, 0.717) is 0 Å². The molecule has 68 valence electrons. The first-order chi connectivity index (χ1) is 5.79. The summed E-state index contributed by atoms with van der Waals surface area (Å²) in [6.07, 6.45) is 2.56. The molecule has 4 nitrogen and oxygen atoms in total. The van der Waals surface area contributed by atoms with Gasteiger partial charge in [-0.25, -0.2) is 9.55 Å². The van der Waals surface area contributed by atoms with Crippen molar-refractivity contribution in [3.8, 4) is 0 Å². The number of hydrogen-bond acceptors (Lipinski definition) is 2. The van der Waals surface area contributed by atoms with Gasteiger partial charge in [-0.15, -0.1) is 0 Å². The van der Waals surface area contributed by atoms with Crippen molar-refractivity contribution in [1.29, 1.82) is 0 Å². The molecule has 4 heteroatoms. The third-order valence-electron chi connectivity index (χ3n) is 1.98. The molecule has 1 aromatic rings. The van der Waals surface area contributed by atoms with E-state index in [0.717, 1.165) is 24.4 Å². The van der Waals surface area contributed by atoms with Gasteiger partial charge >= 0.3 is 0 Å². The van der Waals surface area contributed by atoms with E-state index < -0.39 is 0 Å². The van der Waals surface area contributed by atoms with Gasteiger partial charge in [0, 0.05) is 20.0 Å². The van der Waals surface area contributed by atoms with Crippen LogP contribution in [0.25, 0.3) is 0 Å². The monoisotopic (exact) mass is 171 g/mol. The molecule has 0 aliphatic rings. The van der Waals surface area contributed by atoms with Gasteiger partial charge in [0.05, 0.1) is 6.54 Å². The Morgan fingerprint density at radius 3 is 2.75 bits per heavy atom. The predicted octanol–water partition coefficient (Wildman–Crippen LogP) is -0.515. The van der Waals surface area contributed by atoms with Crippen LogP contribution in [0.3, 0.4) is 0 Å². The Morgan fingerprint density at radius 2 is 2.25 bits per heavy atom. The van der Waals surface area contributed by atoms with Crippen molar-refractivity contribution in [1.82, 2.24) is 4.98 Å². The fraction of sp³-hybridized carbons (Fsp3) is 0.625. The van der Waals surface area contributed by atoms with Crippen LogP contribution >= 0.6 is 0 Å². The molecule has 0 aliphatic carbocycles. The predicted molar refractivity (Wildman–Crippen MR) is 43.4 cm³/mol. The summed E-state index contributed by atoms with van der Waals surface area (Å²) < 4.78 is 1.99. The largest absolute Gasteiger partial charge is 0.396 e. The van der Waals surface area contributed by atoms with Crippen LogP contribution in [0, 0.1) is 6.92 Å². The lowest BCUT2D eigenvalue weighted by molar-refractivity contribution is -0.702. The number of rotatable bonds is 4. The van der Waals surface area contributed by atoms with E-state index in [2.05, 4.69) is 4.98 Å². The number of aliphatic hydroxyl groups excluding tert-OH is 2. The van der Waals surface area contributed by atoms with Gasteiger partial charge in [0.25, 0.3) is 0 Å². The molecular weight excluding hydrogens is 156 g/mol. The summed E-state index contributed by atoms with van der Waals surface area (Å²) in [6, 6.07) is 0. The SMILES string of the molecule is Cc1c(CO)[nH]c[n+]1CCCO. The van der Waals surface area contributed by atoms with E-state index in [-0.39, 0.29) is 13.2 Å². The van der Waals surface area contributed by atoms with Gasteiger partial charge in [0.2, 0.25) is 6.33 Å². The molecule has 0 atom stereocenters. The number of aryl methyl sites for hydroxylation is 1. The molecule has 0 amide bonds. The van der Waals surface area contributed by atoms with Crippen molar-refractivity contribution in [2.75, 3.05) is 6.61 Å². The van der Waals surface area contributed by atoms with Crippen molar-refractivity contribution < 1.29 is 14.8 Å². The average molecular weight is 171 g/mol. The Bertz CT molecular complexity index is 245. The molecule has 1 aromatic heterocycles. The molecule has 0 aliphatic heterocycles. The van der Waals surface area contributed by atoms with Crippen molar-refractivity contribution in [3.05, 3.63) is 17.7 Å². The van der Waals surface area contributed by atoms with Crippen LogP contribution < -0.4 is 4.57 Å². The zero-order valence-corrected chi connectivity index (χ0v) is 7.25. The van der Waals surface area contributed by atoms with E-state index in [1.807, 2.05) is 17.8 Å². The van der Waals surface area contributed by atoms with Crippen LogP contribution in [0.1, 0.15) is 17.8 Å². The Morgan fingerprint density at radius 1 is 1.50 bits per heavy atom. The van der Waals surface area contributed by atoms with E-state index in [9.17, 15) is 0 Å². The molecule has 0 bridgehead atoms. The first-order valence-corrected chi connectivity index (χ1v) is 4.07. The highest BCUT2D eigenvalue weighted by Crippen LogP contribution is 1.97. The molecule has 0 spiro atoms. The maximum absolute atomic E-state index is 8.86. The third-order valence-corrected chi connectivity index (χ3v) is 1.98. The van der Waals surface area contributed by atoms with E-state index >= 15 is 0 Å². The molecule has 1 rings (SSSR count). The number of nitrogens with one attached hydrogen (secondary N) is 1. The minimum absolute atomic E-state index is 0.0396. The summed E-state index contributed by atoms with van der Waals surface area (Å²) in [6.45, 7) is 2.97. The molecular formula is C8H15N2O2+. The maximum atomic E-state index is 8.86. The minimum atomic E-state index is 0.0396. The van der Waals surface area contributed by atoms with E-state index in [1.54, 1.807) is 0 Å². The molecule has 0 unspecified atom stereocenters. The van der Waals surface area contributed by atoms with Gasteiger partial charge in [-0.2, -0.15) is 0 Å². The topological polar surface area (TPSA) is 60.1 Å². The molecule has 0 aromatic carbocycles. The summed E-state index contributed by atoms with van der Waals surface area (Å²) >= 11 is 0. The highest BCUT2D eigenvalue weighted by atomic mass is 16.3. The number of aliphatic hydroxyl groups is 2. The first-order valence-electron chi connectivity index (χ1n) is 4.07. The van der Waals surface area contributed by atoms with Gasteiger partial charge in [0.1, 0.15) is 12.3 Å². The molecule has 0 saturated carbocycles. The van der Waals surface area contributed by atoms with Gasteiger partial charge in [-0.1, -0.05) is 0 Å². The van der Waals surface area contributed by atoms with Crippen LogP contribution in [0.15, 0.2) is 6.33 Å². The number of imidazole rings is 1. The maximum Gasteiger partial charge on any atom is 0.242 e. The zero-order valence-electron chi connectivity index (χ0n) is 7.25. The summed E-state index contributed by atoms with van der Waals surface area (Å²) in [7, 11) is 0. The lowest BCUT2D eigenvalue weighted by Crippen LogP contribution is -2.35. The second-order valence-corrected chi connectivity index (χ2v) is 2.77. The first kappa shape index (κ1) is 9.22. The number of hydrogen-bond donors (Lipinski definition) is 3. The van der Waals surface area contributed by atoms with Crippen LogP contribution in [-0.4, -0.2) is 21.8 Å². The van der Waals surface area contributed by atoms with Crippen molar-refractivity contribution in [3.63, 3.8) is 0 Å². The molecule has 12 heavy (non-hydrogen) atoms. The highest BCUT2D eigenvalue weighted by Gasteiger charge is 2.10. The van der Waals surface area contributed by atoms with Gasteiger partial charge < -0.3 is 10.2 Å². The second-order valence-electron chi connectivity index (χ2n) is 2.77. The Kier molecular flexibility index (Phi) is 3.25. The van der Waals surface area contributed by atoms with Crippen LogP contribution in [0.5, 0.6) is 0 Å². The van der Waals surface area contributed by atoms with Crippen LogP contribution in [0.2, 0.25) is 0 Å². The highest BCUT2D eigenvalue weighted by molar-refractivity contribution is 5.00. The molecule has 0 fully saturated rings. The van der Waals surface area contributed by atoms with Crippen LogP contribution in [-0.2, 0) is 13.2 Å². The quantitative estimate of drug-likeness (QED) is 0.534. The minimum Gasteiger partial charge on any atom is -0.396 e. The number of aromatic amines is 1. The fourth-order valence-electron chi connectivity index (χ4n) is 1.16. The Hall–Kier alpha value is -0.870. The van der Waals surface area contributed by atoms with Crippen molar-refractivity contribution in [2.24, 2.45) is 0 Å². The average Bonchev–Trinajstić information content (AvgIpc) is 2.43. The summed E-state index contributed by atoms with van der Waals surface area (Å²) in [5, 5.41) is 17.5. The lowest BCUT2D eigenvalue weighted by Gasteiger charge is -1.95. The zero-order chi connectivity index (χ0) is 8.97. The standard InChI is InChI=1S/C8H14N2O2/c1-7-8(5-12)9-6-10(7)3-2-4-11/h6,11-12H,2-5H2,1H3/p+1. The second kappa shape index (κ2) is 4.23. The molecule has 0 radical (unpaired) electrons. The number of nitrogens with zero attached hydrogens (tertiary/aromatic N) is 1. The van der Waals surface area contributed by atoms with Crippen LogP contribution in [0.4, 0.5) is 0 Å². The third kappa shape index (κ3) is 1.84.